The Balaban J connectivity index is 1.39. The van der Waals surface area contributed by atoms with Gasteiger partial charge in [-0.1, -0.05) is 22.9 Å². The van der Waals surface area contributed by atoms with E-state index in [-0.39, 0.29) is 6.54 Å². The van der Waals surface area contributed by atoms with E-state index in [0.717, 1.165) is 32.7 Å². The Hall–Kier alpha value is -2.82. The lowest BCUT2D eigenvalue weighted by Crippen LogP contribution is -2.52. The van der Waals surface area contributed by atoms with Crippen molar-refractivity contribution < 1.29 is 14.4 Å². The molecule has 1 spiro atoms. The maximum Gasteiger partial charge on any atom is 0.344 e. The first-order valence-corrected chi connectivity index (χ1v) is 10.2. The zero-order chi connectivity index (χ0) is 20.6. The molecule has 11 heteroatoms. The first kappa shape index (κ1) is 19.5. The Kier molecular flexibility index (Phi) is 5.07. The van der Waals surface area contributed by atoms with Crippen molar-refractivity contribution in [3.05, 3.63) is 28.7 Å². The summed E-state index contributed by atoms with van der Waals surface area (Å²) in [4.78, 5) is 38.5. The van der Waals surface area contributed by atoms with E-state index in [0.29, 0.717) is 24.6 Å². The first-order chi connectivity index (χ1) is 13.9. The van der Waals surface area contributed by atoms with Crippen molar-refractivity contribution in [2.45, 2.75) is 44.7 Å². The van der Waals surface area contributed by atoms with Crippen LogP contribution in [0.1, 0.15) is 32.6 Å². The van der Waals surface area contributed by atoms with Crippen LogP contribution in [0.2, 0.25) is 0 Å². The molecule has 4 rings (SSSR count). The summed E-state index contributed by atoms with van der Waals surface area (Å²) in [6.45, 7) is 1.85. The van der Waals surface area contributed by atoms with Crippen molar-refractivity contribution in [3.63, 3.8) is 0 Å². The van der Waals surface area contributed by atoms with E-state index in [1.807, 2.05) is 24.3 Å². The van der Waals surface area contributed by atoms with Crippen LogP contribution < -0.4 is 10.7 Å². The van der Waals surface area contributed by atoms with Gasteiger partial charge < -0.3 is 5.32 Å². The number of carbonyl (C=O) groups is 3. The average Bonchev–Trinajstić information content (AvgIpc) is 3.24. The third-order valence-corrected chi connectivity index (χ3v) is 5.90. The number of rotatable bonds is 4. The van der Waals surface area contributed by atoms with Crippen LogP contribution in [-0.4, -0.2) is 48.6 Å². The third-order valence-electron chi connectivity index (χ3n) is 5.37. The van der Waals surface area contributed by atoms with Gasteiger partial charge in [-0.3, -0.25) is 15.0 Å². The third kappa shape index (κ3) is 3.86. The lowest BCUT2D eigenvalue weighted by atomic mass is 9.77. The second-order valence-electron chi connectivity index (χ2n) is 7.52. The van der Waals surface area contributed by atoms with E-state index in [2.05, 4.69) is 49.0 Å². The molecule has 1 aliphatic heterocycles. The molecule has 2 fully saturated rings. The van der Waals surface area contributed by atoms with Crippen molar-refractivity contribution in [1.29, 1.82) is 0 Å². The molecule has 0 unspecified atom stereocenters. The summed E-state index contributed by atoms with van der Waals surface area (Å²) in [5.74, 6) is -0.109. The van der Waals surface area contributed by atoms with Gasteiger partial charge in [0.1, 0.15) is 12.1 Å². The molecule has 0 bridgehead atoms. The van der Waals surface area contributed by atoms with Crippen molar-refractivity contribution in [2.75, 3.05) is 0 Å². The molecule has 29 heavy (non-hydrogen) atoms. The first-order valence-electron chi connectivity index (χ1n) is 9.36. The van der Waals surface area contributed by atoms with Gasteiger partial charge in [-0.05, 0) is 61.1 Å². The second kappa shape index (κ2) is 7.54. The Labute approximate surface area is 175 Å². The lowest BCUT2D eigenvalue weighted by Gasteiger charge is -2.33. The fourth-order valence-electron chi connectivity index (χ4n) is 3.63. The zero-order valence-electron chi connectivity index (χ0n) is 15.8. The molecule has 2 N–H and O–H groups in total. The average molecular weight is 462 g/mol. The van der Waals surface area contributed by atoms with Crippen LogP contribution in [0.5, 0.6) is 0 Å². The highest BCUT2D eigenvalue weighted by atomic mass is 79.9. The normalized spacial score (nSPS) is 24.1. The number of urea groups is 1. The Morgan fingerprint density at radius 1 is 1.28 bits per heavy atom. The predicted molar refractivity (Wildman–Crippen MR) is 105 cm³/mol. The largest absolute Gasteiger partial charge is 0.344 e. The number of nitrogens with one attached hydrogen (secondary N) is 2. The number of carbonyl (C=O) groups excluding carboxylic acids is 3. The molecule has 2 aromatic rings. The fourth-order valence-corrected chi connectivity index (χ4v) is 3.89. The van der Waals surface area contributed by atoms with Crippen molar-refractivity contribution in [3.8, 4) is 11.4 Å². The van der Waals surface area contributed by atoms with Gasteiger partial charge in [0, 0.05) is 10.0 Å². The number of amides is 4. The smallest absolute Gasteiger partial charge is 0.322 e. The summed E-state index contributed by atoms with van der Waals surface area (Å²) in [5.41, 5.74) is 2.21. The number of imide groups is 1. The molecule has 1 saturated heterocycles. The predicted octanol–water partition coefficient (Wildman–Crippen LogP) is 1.63. The highest BCUT2D eigenvalue weighted by Gasteiger charge is 2.52. The van der Waals surface area contributed by atoms with Gasteiger partial charge in [0.05, 0.1) is 0 Å². The van der Waals surface area contributed by atoms with Gasteiger partial charge in [0.25, 0.3) is 11.8 Å². The number of halogens is 1. The summed E-state index contributed by atoms with van der Waals surface area (Å²) in [6, 6.07) is 6.73. The van der Waals surface area contributed by atoms with Crippen LogP contribution in [0.3, 0.4) is 0 Å². The van der Waals surface area contributed by atoms with E-state index in [1.165, 1.54) is 0 Å². The molecule has 1 aromatic carbocycles. The molecule has 10 nitrogen and oxygen atoms in total. The number of hydrogen-bond donors (Lipinski definition) is 2. The number of benzene rings is 1. The molecule has 0 radical (unpaired) electrons. The van der Waals surface area contributed by atoms with E-state index in [9.17, 15) is 14.4 Å². The highest BCUT2D eigenvalue weighted by Crippen LogP contribution is 2.35. The maximum absolute atomic E-state index is 12.8. The topological polar surface area (TPSA) is 122 Å². The monoisotopic (exact) mass is 461 g/mol. The van der Waals surface area contributed by atoms with Crippen molar-refractivity contribution >= 4 is 33.8 Å². The van der Waals surface area contributed by atoms with Crippen LogP contribution in [0, 0.1) is 5.92 Å². The van der Waals surface area contributed by atoms with E-state index < -0.39 is 23.4 Å². The molecule has 2 aliphatic rings. The van der Waals surface area contributed by atoms with Gasteiger partial charge in [0.2, 0.25) is 5.82 Å². The zero-order valence-corrected chi connectivity index (χ0v) is 17.3. The molecule has 1 aliphatic carbocycles. The minimum atomic E-state index is -0.906. The molecule has 2 heterocycles. The van der Waals surface area contributed by atoms with Gasteiger partial charge in [-0.2, -0.15) is 9.81 Å². The SMILES string of the molecule is CC1CCC2(CC1)NC(=O)N(NC(=O)Cn1nnc(-c3ccc(Br)cc3)n1)C2=O. The Morgan fingerprint density at radius 2 is 1.97 bits per heavy atom. The van der Waals surface area contributed by atoms with Crippen LogP contribution >= 0.6 is 15.9 Å². The minimum Gasteiger partial charge on any atom is -0.322 e. The van der Waals surface area contributed by atoms with Gasteiger partial charge >= 0.3 is 6.03 Å². The number of tetrazole rings is 1. The summed E-state index contributed by atoms with van der Waals surface area (Å²) < 4.78 is 0.923. The summed E-state index contributed by atoms with van der Waals surface area (Å²) in [7, 11) is 0. The van der Waals surface area contributed by atoms with Crippen LogP contribution in [0.4, 0.5) is 4.79 Å². The minimum absolute atomic E-state index is 0.273. The van der Waals surface area contributed by atoms with E-state index >= 15 is 0 Å². The van der Waals surface area contributed by atoms with Gasteiger partial charge in [-0.15, -0.1) is 10.2 Å². The Bertz CT molecular complexity index is 951. The summed E-state index contributed by atoms with van der Waals surface area (Å²) in [5, 5.41) is 15.5. The van der Waals surface area contributed by atoms with Crippen LogP contribution in [0.25, 0.3) is 11.4 Å². The number of nitrogens with zero attached hydrogens (tertiary/aromatic N) is 5. The fraction of sp³-hybridized carbons (Fsp3) is 0.444. The van der Waals surface area contributed by atoms with Crippen molar-refractivity contribution in [2.24, 2.45) is 5.92 Å². The van der Waals surface area contributed by atoms with Gasteiger partial charge in [0.15, 0.2) is 0 Å². The second-order valence-corrected chi connectivity index (χ2v) is 8.44. The quantitative estimate of drug-likeness (QED) is 0.667. The van der Waals surface area contributed by atoms with Crippen LogP contribution in [-0.2, 0) is 16.1 Å². The lowest BCUT2D eigenvalue weighted by molar-refractivity contribution is -0.140. The highest BCUT2D eigenvalue weighted by molar-refractivity contribution is 9.10. The molecule has 152 valence electrons. The Morgan fingerprint density at radius 3 is 2.66 bits per heavy atom. The summed E-state index contributed by atoms with van der Waals surface area (Å²) in [6.07, 6.45) is 2.86. The molecule has 1 aromatic heterocycles. The number of hydrogen-bond acceptors (Lipinski definition) is 6. The summed E-state index contributed by atoms with van der Waals surface area (Å²) >= 11 is 3.36. The molecule has 4 amide bonds. The number of aromatic nitrogens is 4. The molecular weight excluding hydrogens is 442 g/mol. The van der Waals surface area contributed by atoms with E-state index in [1.54, 1.807) is 0 Å². The standard InChI is InChI=1S/C18H20BrN7O3/c1-11-6-8-18(9-7-11)16(28)26(17(29)20-18)22-14(27)10-25-23-15(21-24-25)12-2-4-13(19)5-3-12/h2-5,11H,6-10H2,1H3,(H,20,29)(H,22,27). The molecule has 1 saturated carbocycles. The van der Waals surface area contributed by atoms with E-state index in [4.69, 9.17) is 0 Å². The van der Waals surface area contributed by atoms with Crippen molar-refractivity contribution in [1.82, 2.24) is 36.0 Å². The van der Waals surface area contributed by atoms with Crippen LogP contribution in [0.15, 0.2) is 28.7 Å². The molecule has 0 atom stereocenters. The van der Waals surface area contributed by atoms with Gasteiger partial charge in [-0.25, -0.2) is 4.79 Å². The number of hydrazine groups is 1. The molecular formula is C18H20BrN7O3. The maximum atomic E-state index is 12.8.